The maximum absolute atomic E-state index is 6.03. The van der Waals surface area contributed by atoms with Crippen molar-refractivity contribution in [1.82, 2.24) is 0 Å². The molecule has 2 N–H and O–H groups in total. The molecule has 0 bridgehead atoms. The lowest BCUT2D eigenvalue weighted by atomic mass is 10.1. The summed E-state index contributed by atoms with van der Waals surface area (Å²) in [5, 5.41) is 0. The fourth-order valence-electron chi connectivity index (χ4n) is 1.44. The topological polar surface area (TPSA) is 35.2 Å². The molecule has 16 heavy (non-hydrogen) atoms. The molecule has 0 aliphatic heterocycles. The second kappa shape index (κ2) is 6.66. The zero-order chi connectivity index (χ0) is 12.0. The standard InChI is InChI=1S/C14H23NO/c1-11(2)12(3)16-10-14(15)9-13-7-5-4-6-8-13/h4-8,11-12,14H,9-10,15H2,1-3H3. The lowest BCUT2D eigenvalue weighted by molar-refractivity contribution is 0.0275. The van der Waals surface area contributed by atoms with Crippen LogP contribution in [0.3, 0.4) is 0 Å². The van der Waals surface area contributed by atoms with Crippen molar-refractivity contribution in [3.05, 3.63) is 35.9 Å². The molecule has 0 heterocycles. The van der Waals surface area contributed by atoms with E-state index < -0.39 is 0 Å². The second-order valence-electron chi connectivity index (χ2n) is 4.73. The van der Waals surface area contributed by atoms with Gasteiger partial charge in [-0.15, -0.1) is 0 Å². The van der Waals surface area contributed by atoms with Gasteiger partial charge in [0, 0.05) is 6.04 Å². The normalized spacial score (nSPS) is 15.1. The van der Waals surface area contributed by atoms with E-state index in [4.69, 9.17) is 10.5 Å². The Morgan fingerprint density at radius 2 is 1.75 bits per heavy atom. The zero-order valence-corrected chi connectivity index (χ0v) is 10.5. The van der Waals surface area contributed by atoms with E-state index in [0.717, 1.165) is 6.42 Å². The lowest BCUT2D eigenvalue weighted by Crippen LogP contribution is -2.31. The van der Waals surface area contributed by atoms with Gasteiger partial charge in [0.25, 0.3) is 0 Å². The van der Waals surface area contributed by atoms with Gasteiger partial charge >= 0.3 is 0 Å². The largest absolute Gasteiger partial charge is 0.377 e. The molecule has 1 rings (SSSR count). The first-order valence-electron chi connectivity index (χ1n) is 6.00. The van der Waals surface area contributed by atoms with Crippen LogP contribution in [0.25, 0.3) is 0 Å². The van der Waals surface area contributed by atoms with E-state index in [1.807, 2.05) is 18.2 Å². The summed E-state index contributed by atoms with van der Waals surface area (Å²) in [6, 6.07) is 10.4. The Labute approximate surface area is 98.8 Å². The van der Waals surface area contributed by atoms with Gasteiger partial charge in [-0.05, 0) is 24.8 Å². The van der Waals surface area contributed by atoms with Gasteiger partial charge < -0.3 is 10.5 Å². The number of rotatable bonds is 6. The summed E-state index contributed by atoms with van der Waals surface area (Å²) in [5.74, 6) is 0.545. The Bertz CT molecular complexity index is 284. The van der Waals surface area contributed by atoms with Crippen LogP contribution in [0.5, 0.6) is 0 Å². The maximum Gasteiger partial charge on any atom is 0.0624 e. The Morgan fingerprint density at radius 1 is 1.12 bits per heavy atom. The van der Waals surface area contributed by atoms with E-state index in [1.54, 1.807) is 0 Å². The minimum atomic E-state index is 0.0867. The third-order valence-corrected chi connectivity index (χ3v) is 2.85. The molecule has 2 atom stereocenters. The summed E-state index contributed by atoms with van der Waals surface area (Å²) in [6.45, 7) is 7.05. The Hall–Kier alpha value is -0.860. The van der Waals surface area contributed by atoms with Crippen LogP contribution in [-0.4, -0.2) is 18.8 Å². The molecule has 2 nitrogen and oxygen atoms in total. The predicted octanol–water partition coefficient (Wildman–Crippen LogP) is 2.62. The first kappa shape index (κ1) is 13.2. The van der Waals surface area contributed by atoms with Crippen molar-refractivity contribution in [3.8, 4) is 0 Å². The van der Waals surface area contributed by atoms with Gasteiger partial charge in [-0.25, -0.2) is 0 Å². The summed E-state index contributed by atoms with van der Waals surface area (Å²) in [7, 11) is 0. The average molecular weight is 221 g/mol. The van der Waals surface area contributed by atoms with Gasteiger partial charge in [0.05, 0.1) is 12.7 Å². The molecule has 0 aliphatic carbocycles. The molecular weight excluding hydrogens is 198 g/mol. The first-order chi connectivity index (χ1) is 7.59. The van der Waals surface area contributed by atoms with Gasteiger partial charge in [0.2, 0.25) is 0 Å². The predicted molar refractivity (Wildman–Crippen MR) is 68.4 cm³/mol. The summed E-state index contributed by atoms with van der Waals surface area (Å²) in [6.07, 6.45) is 1.16. The molecule has 0 amide bonds. The lowest BCUT2D eigenvalue weighted by Gasteiger charge is -2.19. The molecule has 2 unspecified atom stereocenters. The Morgan fingerprint density at radius 3 is 2.31 bits per heavy atom. The van der Waals surface area contributed by atoms with Crippen molar-refractivity contribution in [2.45, 2.75) is 39.3 Å². The molecule has 0 aliphatic rings. The van der Waals surface area contributed by atoms with Crippen LogP contribution < -0.4 is 5.73 Å². The number of nitrogens with two attached hydrogens (primary N) is 1. The zero-order valence-electron chi connectivity index (χ0n) is 10.5. The highest BCUT2D eigenvalue weighted by atomic mass is 16.5. The van der Waals surface area contributed by atoms with Gasteiger partial charge in [-0.2, -0.15) is 0 Å². The van der Waals surface area contributed by atoms with E-state index in [1.165, 1.54) is 5.56 Å². The summed E-state index contributed by atoms with van der Waals surface area (Å²) >= 11 is 0. The van der Waals surface area contributed by atoms with Crippen LogP contribution in [0.4, 0.5) is 0 Å². The van der Waals surface area contributed by atoms with E-state index in [0.29, 0.717) is 12.5 Å². The molecule has 1 aromatic rings. The minimum Gasteiger partial charge on any atom is -0.377 e. The Kier molecular flexibility index (Phi) is 5.50. The third-order valence-electron chi connectivity index (χ3n) is 2.85. The Balaban J connectivity index is 2.29. The highest BCUT2D eigenvalue weighted by Crippen LogP contribution is 2.07. The highest BCUT2D eigenvalue weighted by molar-refractivity contribution is 5.15. The molecule has 0 fully saturated rings. The van der Waals surface area contributed by atoms with E-state index in [-0.39, 0.29) is 12.1 Å². The van der Waals surface area contributed by atoms with Crippen molar-refractivity contribution >= 4 is 0 Å². The van der Waals surface area contributed by atoms with Gasteiger partial charge in [0.15, 0.2) is 0 Å². The van der Waals surface area contributed by atoms with Crippen LogP contribution in [-0.2, 0) is 11.2 Å². The van der Waals surface area contributed by atoms with Crippen molar-refractivity contribution in [3.63, 3.8) is 0 Å². The fourth-order valence-corrected chi connectivity index (χ4v) is 1.44. The van der Waals surface area contributed by atoms with Crippen LogP contribution in [0, 0.1) is 5.92 Å². The van der Waals surface area contributed by atoms with Crippen molar-refractivity contribution < 1.29 is 4.74 Å². The second-order valence-corrected chi connectivity index (χ2v) is 4.73. The number of hydrogen-bond donors (Lipinski definition) is 1. The van der Waals surface area contributed by atoms with Gasteiger partial charge in [0.1, 0.15) is 0 Å². The highest BCUT2D eigenvalue weighted by Gasteiger charge is 2.10. The van der Waals surface area contributed by atoms with E-state index in [9.17, 15) is 0 Å². The molecule has 90 valence electrons. The van der Waals surface area contributed by atoms with Gasteiger partial charge in [-0.1, -0.05) is 44.2 Å². The molecule has 0 aromatic heterocycles. The van der Waals surface area contributed by atoms with Crippen LogP contribution in [0.1, 0.15) is 26.3 Å². The SMILES string of the molecule is CC(C)C(C)OCC(N)Cc1ccccc1. The van der Waals surface area contributed by atoms with Crippen LogP contribution in [0.15, 0.2) is 30.3 Å². The molecule has 0 saturated heterocycles. The monoisotopic (exact) mass is 221 g/mol. The summed E-state index contributed by atoms with van der Waals surface area (Å²) in [4.78, 5) is 0. The van der Waals surface area contributed by atoms with Crippen LogP contribution in [0.2, 0.25) is 0 Å². The van der Waals surface area contributed by atoms with Crippen molar-refractivity contribution in [2.75, 3.05) is 6.61 Å². The molecule has 0 radical (unpaired) electrons. The van der Waals surface area contributed by atoms with Crippen molar-refractivity contribution in [2.24, 2.45) is 11.7 Å². The van der Waals surface area contributed by atoms with Crippen molar-refractivity contribution in [1.29, 1.82) is 0 Å². The van der Waals surface area contributed by atoms with E-state index >= 15 is 0 Å². The van der Waals surface area contributed by atoms with E-state index in [2.05, 4.69) is 32.9 Å². The molecule has 0 spiro atoms. The third kappa shape index (κ3) is 4.77. The molecule has 1 aromatic carbocycles. The number of ether oxygens (including phenoxy) is 1. The number of benzene rings is 1. The minimum absolute atomic E-state index is 0.0867. The summed E-state index contributed by atoms with van der Waals surface area (Å²) < 4.78 is 5.71. The average Bonchev–Trinajstić information content (AvgIpc) is 2.27. The molecule has 2 heteroatoms. The quantitative estimate of drug-likeness (QED) is 0.801. The summed E-state index contributed by atoms with van der Waals surface area (Å²) in [5.41, 5.74) is 7.30. The smallest absolute Gasteiger partial charge is 0.0624 e. The molecule has 0 saturated carbocycles. The molecular formula is C14H23NO. The fraction of sp³-hybridized carbons (Fsp3) is 0.571. The van der Waals surface area contributed by atoms with Gasteiger partial charge in [-0.3, -0.25) is 0 Å². The maximum atomic E-state index is 6.03. The first-order valence-corrected chi connectivity index (χ1v) is 6.00. The van der Waals surface area contributed by atoms with Crippen LogP contribution >= 0.6 is 0 Å². The number of hydrogen-bond acceptors (Lipinski definition) is 2.